The number of para-hydroxylation sites is 1. The summed E-state index contributed by atoms with van der Waals surface area (Å²) in [5, 5.41) is 20.7. The van der Waals surface area contributed by atoms with Gasteiger partial charge in [0, 0.05) is 19.6 Å². The van der Waals surface area contributed by atoms with Gasteiger partial charge in [-0.05, 0) is 37.8 Å². The Morgan fingerprint density at radius 3 is 2.70 bits per heavy atom. The zero-order valence-corrected chi connectivity index (χ0v) is 13.7. The fourth-order valence-electron chi connectivity index (χ4n) is 3.54. The lowest BCUT2D eigenvalue weighted by molar-refractivity contribution is -0.151. The molecule has 1 aromatic carbocycles. The first-order valence-electron chi connectivity index (χ1n) is 8.00. The number of carbonyl (C=O) groups excluding carboxylic acids is 1. The molecular weight excluding hydrogens is 314 g/mol. The van der Waals surface area contributed by atoms with E-state index >= 15 is 0 Å². The third-order valence-electron chi connectivity index (χ3n) is 4.69. The SMILES string of the molecule is N#Cc1cccc(Cl)c1N1CCC[C@@](O)(C(=O)N2CCCC2)C1. The third-order valence-corrected chi connectivity index (χ3v) is 4.99. The molecule has 5 nitrogen and oxygen atoms in total. The average molecular weight is 334 g/mol. The molecule has 6 heteroatoms. The summed E-state index contributed by atoms with van der Waals surface area (Å²) < 4.78 is 0. The van der Waals surface area contributed by atoms with Crippen LogP contribution in [0.25, 0.3) is 0 Å². The van der Waals surface area contributed by atoms with Crippen LogP contribution in [0, 0.1) is 11.3 Å². The van der Waals surface area contributed by atoms with E-state index in [1.807, 2.05) is 4.90 Å². The first kappa shape index (κ1) is 16.1. The summed E-state index contributed by atoms with van der Waals surface area (Å²) in [4.78, 5) is 16.3. The van der Waals surface area contributed by atoms with Gasteiger partial charge in [-0.2, -0.15) is 5.26 Å². The molecule has 23 heavy (non-hydrogen) atoms. The molecule has 0 spiro atoms. The second-order valence-corrected chi connectivity index (χ2v) is 6.71. The van der Waals surface area contributed by atoms with Gasteiger partial charge in [-0.1, -0.05) is 17.7 Å². The Bertz CT molecular complexity index is 652. The Labute approximate surface area is 141 Å². The normalized spacial score (nSPS) is 24.6. The largest absolute Gasteiger partial charge is 0.378 e. The molecule has 2 saturated heterocycles. The summed E-state index contributed by atoms with van der Waals surface area (Å²) in [5.41, 5.74) is -0.312. The molecule has 3 rings (SSSR count). The fourth-order valence-corrected chi connectivity index (χ4v) is 3.84. The minimum atomic E-state index is -1.39. The first-order chi connectivity index (χ1) is 11.0. The fraction of sp³-hybridized carbons (Fsp3) is 0.529. The number of carbonyl (C=O) groups is 1. The molecule has 0 bridgehead atoms. The van der Waals surface area contributed by atoms with Crippen molar-refractivity contribution in [2.75, 3.05) is 31.1 Å². The summed E-state index contributed by atoms with van der Waals surface area (Å²) in [7, 11) is 0. The minimum Gasteiger partial charge on any atom is -0.378 e. The van der Waals surface area contributed by atoms with E-state index in [0.717, 1.165) is 25.9 Å². The smallest absolute Gasteiger partial charge is 0.256 e. The Hall–Kier alpha value is -1.77. The van der Waals surface area contributed by atoms with E-state index < -0.39 is 5.60 Å². The zero-order valence-electron chi connectivity index (χ0n) is 13.0. The van der Waals surface area contributed by atoms with E-state index in [9.17, 15) is 15.2 Å². The monoisotopic (exact) mass is 333 g/mol. The number of anilines is 1. The van der Waals surface area contributed by atoms with Crippen LogP contribution in [0.4, 0.5) is 5.69 Å². The molecule has 0 aliphatic carbocycles. The highest BCUT2D eigenvalue weighted by Crippen LogP contribution is 2.34. The molecule has 1 amide bonds. The van der Waals surface area contributed by atoms with Gasteiger partial charge in [-0.15, -0.1) is 0 Å². The first-order valence-corrected chi connectivity index (χ1v) is 8.38. The predicted octanol–water partition coefficient (Wildman–Crippen LogP) is 2.17. The number of halogens is 1. The number of amides is 1. The second kappa shape index (κ2) is 6.38. The van der Waals surface area contributed by atoms with E-state index in [1.54, 1.807) is 23.1 Å². The molecule has 2 fully saturated rings. The molecule has 2 heterocycles. The van der Waals surface area contributed by atoms with E-state index in [0.29, 0.717) is 35.7 Å². The number of hydrogen-bond acceptors (Lipinski definition) is 4. The minimum absolute atomic E-state index is 0.181. The molecule has 0 saturated carbocycles. The summed E-state index contributed by atoms with van der Waals surface area (Å²) in [6, 6.07) is 7.31. The van der Waals surface area contributed by atoms with E-state index in [1.165, 1.54) is 0 Å². The highest BCUT2D eigenvalue weighted by atomic mass is 35.5. The zero-order chi connectivity index (χ0) is 16.4. The molecule has 1 N–H and O–H groups in total. The maximum absolute atomic E-state index is 12.7. The number of piperidine rings is 1. The van der Waals surface area contributed by atoms with Crippen LogP contribution in [0.1, 0.15) is 31.2 Å². The predicted molar refractivity (Wildman–Crippen MR) is 88.4 cm³/mol. The van der Waals surface area contributed by atoms with Crippen LogP contribution in [0.5, 0.6) is 0 Å². The summed E-state index contributed by atoms with van der Waals surface area (Å²) in [5.74, 6) is -0.190. The van der Waals surface area contributed by atoms with Gasteiger partial charge in [-0.3, -0.25) is 4.79 Å². The molecule has 2 aliphatic rings. The van der Waals surface area contributed by atoms with Crippen molar-refractivity contribution in [2.24, 2.45) is 0 Å². The lowest BCUT2D eigenvalue weighted by atomic mass is 9.90. The number of hydrogen-bond donors (Lipinski definition) is 1. The maximum Gasteiger partial charge on any atom is 0.256 e. The van der Waals surface area contributed by atoms with Gasteiger partial charge in [-0.25, -0.2) is 0 Å². The highest BCUT2D eigenvalue weighted by molar-refractivity contribution is 6.33. The second-order valence-electron chi connectivity index (χ2n) is 6.30. The van der Waals surface area contributed by atoms with Gasteiger partial charge in [0.25, 0.3) is 5.91 Å². The number of β-amino-alcohol motifs (C(OH)–C–C–N with tert-alkyl or cyclic N) is 1. The topological polar surface area (TPSA) is 67.6 Å². The quantitative estimate of drug-likeness (QED) is 0.900. The Morgan fingerprint density at radius 1 is 1.26 bits per heavy atom. The van der Waals surface area contributed by atoms with Gasteiger partial charge >= 0.3 is 0 Å². The van der Waals surface area contributed by atoms with Crippen molar-refractivity contribution in [2.45, 2.75) is 31.3 Å². The lowest BCUT2D eigenvalue weighted by Gasteiger charge is -2.41. The van der Waals surface area contributed by atoms with Gasteiger partial charge in [0.2, 0.25) is 0 Å². The standard InChI is InChI=1S/C17H20ClN3O2/c18-14-6-3-5-13(11-19)15(14)21-10-4-7-17(23,12-21)16(22)20-8-1-2-9-20/h3,5-6,23H,1-2,4,7-10,12H2/t17-/m0/s1. The molecule has 0 radical (unpaired) electrons. The number of nitriles is 1. The van der Waals surface area contributed by atoms with E-state index in [4.69, 9.17) is 11.6 Å². The summed E-state index contributed by atoms with van der Waals surface area (Å²) in [6.45, 7) is 2.29. The molecule has 0 aromatic heterocycles. The van der Waals surface area contributed by atoms with Crippen molar-refractivity contribution in [1.29, 1.82) is 5.26 Å². The Balaban J connectivity index is 1.86. The number of rotatable bonds is 2. The molecular formula is C17H20ClN3O2. The summed E-state index contributed by atoms with van der Waals surface area (Å²) in [6.07, 6.45) is 3.13. The maximum atomic E-state index is 12.7. The van der Waals surface area contributed by atoms with Crippen molar-refractivity contribution >= 4 is 23.2 Å². The molecule has 122 valence electrons. The molecule has 1 atom stereocenters. The Morgan fingerprint density at radius 2 is 2.00 bits per heavy atom. The van der Waals surface area contributed by atoms with E-state index in [2.05, 4.69) is 6.07 Å². The van der Waals surface area contributed by atoms with Crippen LogP contribution in [0.15, 0.2) is 18.2 Å². The molecule has 1 aromatic rings. The van der Waals surface area contributed by atoms with Crippen LogP contribution in [0.2, 0.25) is 5.02 Å². The van der Waals surface area contributed by atoms with Crippen molar-refractivity contribution in [1.82, 2.24) is 4.90 Å². The highest BCUT2D eigenvalue weighted by Gasteiger charge is 2.43. The third kappa shape index (κ3) is 3.01. The van der Waals surface area contributed by atoms with Crippen molar-refractivity contribution in [3.05, 3.63) is 28.8 Å². The number of likely N-dealkylation sites (tertiary alicyclic amines) is 1. The van der Waals surface area contributed by atoms with Crippen LogP contribution < -0.4 is 4.90 Å². The number of aliphatic hydroxyl groups is 1. The number of nitrogens with zero attached hydrogens (tertiary/aromatic N) is 3. The van der Waals surface area contributed by atoms with Crippen molar-refractivity contribution in [3.8, 4) is 6.07 Å². The number of benzene rings is 1. The lowest BCUT2D eigenvalue weighted by Crippen LogP contribution is -2.58. The van der Waals surface area contributed by atoms with Crippen LogP contribution in [0.3, 0.4) is 0 Å². The molecule has 2 aliphatic heterocycles. The van der Waals surface area contributed by atoms with Crippen LogP contribution in [-0.4, -0.2) is 47.7 Å². The summed E-state index contributed by atoms with van der Waals surface area (Å²) >= 11 is 6.27. The van der Waals surface area contributed by atoms with Gasteiger partial charge in [0.05, 0.1) is 22.8 Å². The molecule has 0 unspecified atom stereocenters. The average Bonchev–Trinajstić information content (AvgIpc) is 3.08. The van der Waals surface area contributed by atoms with Gasteiger partial charge < -0.3 is 14.9 Å². The van der Waals surface area contributed by atoms with Crippen molar-refractivity contribution < 1.29 is 9.90 Å². The van der Waals surface area contributed by atoms with Crippen LogP contribution >= 0.6 is 11.6 Å². The Kier molecular flexibility index (Phi) is 4.47. The van der Waals surface area contributed by atoms with Crippen molar-refractivity contribution in [3.63, 3.8) is 0 Å². The van der Waals surface area contributed by atoms with E-state index in [-0.39, 0.29) is 12.5 Å². The van der Waals surface area contributed by atoms with Gasteiger partial charge in [0.15, 0.2) is 5.60 Å². The van der Waals surface area contributed by atoms with Gasteiger partial charge in [0.1, 0.15) is 6.07 Å². The van der Waals surface area contributed by atoms with Crippen LogP contribution in [-0.2, 0) is 4.79 Å².